The van der Waals surface area contributed by atoms with E-state index in [1.54, 1.807) is 16.8 Å². The van der Waals surface area contributed by atoms with Crippen LogP contribution >= 0.6 is 0 Å². The molecule has 26 heavy (non-hydrogen) atoms. The van der Waals surface area contributed by atoms with Crippen molar-refractivity contribution in [1.29, 1.82) is 0 Å². The number of likely N-dealkylation sites (tertiary alicyclic amines) is 1. The number of urea groups is 1. The summed E-state index contributed by atoms with van der Waals surface area (Å²) in [7, 11) is 1.78. The predicted octanol–water partition coefficient (Wildman–Crippen LogP) is 3.49. The topological polar surface area (TPSA) is 65.8 Å². The maximum atomic E-state index is 12.8. The standard InChI is InChI=1S/C20H25N3O3/c1-15-10-11-18(26-15)14-22(2)19(24)16-7-6-12-23(13-16)20(25)21-17-8-4-3-5-9-17/h3-5,8-11,16H,6-7,12-14H2,1-2H3,(H,21,25). The maximum Gasteiger partial charge on any atom is 0.321 e. The Hall–Kier alpha value is -2.76. The van der Waals surface area contributed by atoms with Crippen LogP contribution in [0.2, 0.25) is 0 Å². The third-order valence-corrected chi connectivity index (χ3v) is 4.65. The molecule has 0 bridgehead atoms. The molecule has 3 amide bonds. The lowest BCUT2D eigenvalue weighted by Gasteiger charge is -2.33. The minimum atomic E-state index is -0.175. The van der Waals surface area contributed by atoms with Gasteiger partial charge in [0.1, 0.15) is 11.5 Å². The number of benzene rings is 1. The molecule has 0 saturated carbocycles. The van der Waals surface area contributed by atoms with Crippen LogP contribution in [-0.4, -0.2) is 41.9 Å². The van der Waals surface area contributed by atoms with Crippen LogP contribution in [0.4, 0.5) is 10.5 Å². The van der Waals surface area contributed by atoms with Gasteiger partial charge in [-0.25, -0.2) is 4.79 Å². The minimum Gasteiger partial charge on any atom is -0.464 e. The molecule has 1 N–H and O–H groups in total. The van der Waals surface area contributed by atoms with Gasteiger partial charge in [0.25, 0.3) is 0 Å². The van der Waals surface area contributed by atoms with Crippen LogP contribution in [0.15, 0.2) is 46.9 Å². The van der Waals surface area contributed by atoms with Gasteiger partial charge < -0.3 is 19.5 Å². The van der Waals surface area contributed by atoms with Gasteiger partial charge in [-0.2, -0.15) is 0 Å². The fourth-order valence-corrected chi connectivity index (χ4v) is 3.28. The molecule has 1 fully saturated rings. The minimum absolute atomic E-state index is 0.0521. The molecule has 1 aromatic carbocycles. The second-order valence-corrected chi connectivity index (χ2v) is 6.79. The molecule has 2 heterocycles. The van der Waals surface area contributed by atoms with Gasteiger partial charge in [-0.05, 0) is 44.0 Å². The summed E-state index contributed by atoms with van der Waals surface area (Å²) in [5.41, 5.74) is 0.760. The number of furan rings is 1. The summed E-state index contributed by atoms with van der Waals surface area (Å²) in [6, 6.07) is 13.0. The van der Waals surface area contributed by atoms with Crippen molar-refractivity contribution in [2.45, 2.75) is 26.3 Å². The highest BCUT2D eigenvalue weighted by molar-refractivity contribution is 5.90. The average molecular weight is 355 g/mol. The zero-order chi connectivity index (χ0) is 18.5. The Morgan fingerprint density at radius 3 is 2.69 bits per heavy atom. The van der Waals surface area contributed by atoms with Crippen LogP contribution in [-0.2, 0) is 11.3 Å². The van der Waals surface area contributed by atoms with Crippen molar-refractivity contribution in [3.8, 4) is 0 Å². The number of nitrogens with one attached hydrogen (secondary N) is 1. The number of hydrogen-bond donors (Lipinski definition) is 1. The van der Waals surface area contributed by atoms with E-state index in [9.17, 15) is 9.59 Å². The zero-order valence-electron chi connectivity index (χ0n) is 15.3. The van der Waals surface area contributed by atoms with Crippen LogP contribution in [0.1, 0.15) is 24.4 Å². The number of aryl methyl sites for hydroxylation is 1. The van der Waals surface area contributed by atoms with Crippen LogP contribution in [0.25, 0.3) is 0 Å². The van der Waals surface area contributed by atoms with Crippen molar-refractivity contribution in [2.75, 3.05) is 25.5 Å². The normalized spacial score (nSPS) is 17.0. The van der Waals surface area contributed by atoms with Crippen LogP contribution in [0, 0.1) is 12.8 Å². The lowest BCUT2D eigenvalue weighted by Crippen LogP contribution is -2.47. The number of carbonyl (C=O) groups excluding carboxylic acids is 2. The zero-order valence-corrected chi connectivity index (χ0v) is 15.3. The lowest BCUT2D eigenvalue weighted by molar-refractivity contribution is -0.136. The van der Waals surface area contributed by atoms with E-state index in [-0.39, 0.29) is 17.9 Å². The van der Waals surface area contributed by atoms with E-state index in [0.29, 0.717) is 19.6 Å². The number of nitrogens with zero attached hydrogens (tertiary/aromatic N) is 2. The van der Waals surface area contributed by atoms with Gasteiger partial charge in [-0.3, -0.25) is 4.79 Å². The Kier molecular flexibility index (Phi) is 5.61. The molecule has 3 rings (SSSR count). The molecule has 1 aromatic heterocycles. The fourth-order valence-electron chi connectivity index (χ4n) is 3.28. The Morgan fingerprint density at radius 2 is 2.00 bits per heavy atom. The van der Waals surface area contributed by atoms with Gasteiger partial charge in [0.2, 0.25) is 5.91 Å². The van der Waals surface area contributed by atoms with Gasteiger partial charge in [0, 0.05) is 25.8 Å². The molecule has 0 aliphatic carbocycles. The molecule has 1 saturated heterocycles. The lowest BCUT2D eigenvalue weighted by atomic mass is 9.97. The SMILES string of the molecule is Cc1ccc(CN(C)C(=O)C2CCCN(C(=O)Nc3ccccc3)C2)o1. The quantitative estimate of drug-likeness (QED) is 0.913. The second-order valence-electron chi connectivity index (χ2n) is 6.79. The van der Waals surface area contributed by atoms with Gasteiger partial charge in [-0.1, -0.05) is 18.2 Å². The molecular formula is C20H25N3O3. The van der Waals surface area contributed by atoms with E-state index in [2.05, 4.69) is 5.32 Å². The van der Waals surface area contributed by atoms with E-state index in [1.165, 1.54) is 0 Å². The van der Waals surface area contributed by atoms with Gasteiger partial charge in [0.15, 0.2) is 0 Å². The Labute approximate surface area is 153 Å². The number of rotatable bonds is 4. The third-order valence-electron chi connectivity index (χ3n) is 4.65. The van der Waals surface area contributed by atoms with E-state index >= 15 is 0 Å². The number of para-hydroxylation sites is 1. The van der Waals surface area contributed by atoms with E-state index in [0.717, 1.165) is 30.0 Å². The Balaban J connectivity index is 1.56. The summed E-state index contributed by atoms with van der Waals surface area (Å²) < 4.78 is 5.55. The Bertz CT molecular complexity index is 757. The number of piperidine rings is 1. The van der Waals surface area contributed by atoms with Crippen molar-refractivity contribution in [2.24, 2.45) is 5.92 Å². The number of amides is 3. The van der Waals surface area contributed by atoms with Crippen LogP contribution in [0.5, 0.6) is 0 Å². The summed E-state index contributed by atoms with van der Waals surface area (Å²) in [6.45, 7) is 3.44. The molecule has 1 unspecified atom stereocenters. The summed E-state index contributed by atoms with van der Waals surface area (Å²) >= 11 is 0. The first-order valence-corrected chi connectivity index (χ1v) is 8.94. The highest BCUT2D eigenvalue weighted by Gasteiger charge is 2.30. The highest BCUT2D eigenvalue weighted by Crippen LogP contribution is 2.21. The molecule has 0 spiro atoms. The van der Waals surface area contributed by atoms with Gasteiger partial charge >= 0.3 is 6.03 Å². The molecule has 0 radical (unpaired) electrons. The molecule has 6 nitrogen and oxygen atoms in total. The first kappa shape index (κ1) is 18.0. The summed E-state index contributed by atoms with van der Waals surface area (Å²) in [5, 5.41) is 2.89. The maximum absolute atomic E-state index is 12.8. The molecule has 1 aliphatic rings. The monoisotopic (exact) mass is 355 g/mol. The molecule has 6 heteroatoms. The van der Waals surface area contributed by atoms with Crippen molar-refractivity contribution < 1.29 is 14.0 Å². The summed E-state index contributed by atoms with van der Waals surface area (Å²) in [6.07, 6.45) is 1.63. The molecule has 2 aromatic rings. The smallest absolute Gasteiger partial charge is 0.321 e. The van der Waals surface area contributed by atoms with Crippen molar-refractivity contribution in [1.82, 2.24) is 9.80 Å². The van der Waals surface area contributed by atoms with Crippen LogP contribution in [0.3, 0.4) is 0 Å². The number of hydrogen-bond acceptors (Lipinski definition) is 3. The summed E-state index contributed by atoms with van der Waals surface area (Å²) in [4.78, 5) is 28.6. The third kappa shape index (κ3) is 4.45. The average Bonchev–Trinajstić information content (AvgIpc) is 3.06. The van der Waals surface area contributed by atoms with Crippen molar-refractivity contribution in [3.63, 3.8) is 0 Å². The molecular weight excluding hydrogens is 330 g/mol. The first-order chi connectivity index (χ1) is 12.5. The van der Waals surface area contributed by atoms with Crippen molar-refractivity contribution >= 4 is 17.6 Å². The highest BCUT2D eigenvalue weighted by atomic mass is 16.3. The second kappa shape index (κ2) is 8.08. The van der Waals surface area contributed by atoms with E-state index in [4.69, 9.17) is 4.42 Å². The molecule has 1 aliphatic heterocycles. The predicted molar refractivity (Wildman–Crippen MR) is 99.7 cm³/mol. The summed E-state index contributed by atoms with van der Waals surface area (Å²) in [5.74, 6) is 1.48. The molecule has 1 atom stereocenters. The Morgan fingerprint density at radius 1 is 1.23 bits per heavy atom. The number of anilines is 1. The van der Waals surface area contributed by atoms with E-state index < -0.39 is 0 Å². The first-order valence-electron chi connectivity index (χ1n) is 8.94. The van der Waals surface area contributed by atoms with E-state index in [1.807, 2.05) is 49.4 Å². The van der Waals surface area contributed by atoms with Crippen molar-refractivity contribution in [3.05, 3.63) is 54.0 Å². The molecule has 138 valence electrons. The fraction of sp³-hybridized carbons (Fsp3) is 0.400. The number of carbonyl (C=O) groups is 2. The van der Waals surface area contributed by atoms with Crippen LogP contribution < -0.4 is 5.32 Å². The van der Waals surface area contributed by atoms with Gasteiger partial charge in [-0.15, -0.1) is 0 Å². The largest absolute Gasteiger partial charge is 0.464 e. The van der Waals surface area contributed by atoms with Gasteiger partial charge in [0.05, 0.1) is 12.5 Å².